The van der Waals surface area contributed by atoms with Crippen molar-refractivity contribution >= 4 is 34.5 Å². The van der Waals surface area contributed by atoms with Crippen molar-refractivity contribution in [2.75, 3.05) is 49.9 Å². The first-order valence-electron chi connectivity index (χ1n) is 17.2. The van der Waals surface area contributed by atoms with E-state index >= 15 is 0 Å². The Morgan fingerprint density at radius 3 is 2.44 bits per heavy atom. The van der Waals surface area contributed by atoms with Crippen molar-refractivity contribution in [2.24, 2.45) is 5.41 Å². The number of carbonyl (C=O) groups is 2. The van der Waals surface area contributed by atoms with Gasteiger partial charge in [0, 0.05) is 78.9 Å². The average molecular weight is 671 g/mol. The molecule has 2 aromatic heterocycles. The monoisotopic (exact) mass is 670 g/mol. The van der Waals surface area contributed by atoms with Crippen LogP contribution in [0.2, 0.25) is 0 Å². The van der Waals surface area contributed by atoms with Gasteiger partial charge in [0.25, 0.3) is 0 Å². The third kappa shape index (κ3) is 6.73. The molecule has 1 spiro atoms. The van der Waals surface area contributed by atoms with Crippen LogP contribution in [-0.4, -0.2) is 87.7 Å². The van der Waals surface area contributed by atoms with Crippen LogP contribution in [0.3, 0.4) is 0 Å². The van der Waals surface area contributed by atoms with Crippen LogP contribution in [0.25, 0.3) is 17.0 Å². The van der Waals surface area contributed by atoms with E-state index in [1.54, 1.807) is 42.9 Å². The lowest BCUT2D eigenvalue weighted by atomic mass is 9.85. The predicted molar refractivity (Wildman–Crippen MR) is 194 cm³/mol. The minimum Gasteiger partial charge on any atom is -0.475 e. The van der Waals surface area contributed by atoms with E-state index in [-0.39, 0.29) is 23.6 Å². The summed E-state index contributed by atoms with van der Waals surface area (Å²) < 4.78 is 5.63. The van der Waals surface area contributed by atoms with Gasteiger partial charge in [-0.15, -0.1) is 0 Å². The number of amides is 2. The van der Waals surface area contributed by atoms with Crippen LogP contribution in [0.1, 0.15) is 49.8 Å². The molecule has 50 heavy (non-hydrogen) atoms. The molecule has 2 aromatic carbocycles. The second-order valence-corrected chi connectivity index (χ2v) is 13.6. The molecule has 0 radical (unpaired) electrons. The van der Waals surface area contributed by atoms with Gasteiger partial charge >= 0.3 is 0 Å². The Morgan fingerprint density at radius 2 is 1.74 bits per heavy atom. The Kier molecular flexibility index (Phi) is 9.16. The smallest absolute Gasteiger partial charge is 0.237 e. The predicted octanol–water partition coefficient (Wildman–Crippen LogP) is 5.07. The molecule has 0 saturated carbocycles. The Labute approximate surface area is 292 Å². The van der Waals surface area contributed by atoms with Crippen LogP contribution in [0.4, 0.5) is 11.4 Å². The lowest BCUT2D eigenvalue weighted by Crippen LogP contribution is -2.43. The van der Waals surface area contributed by atoms with Gasteiger partial charge in [-0.25, -0.2) is 15.0 Å². The Bertz CT molecular complexity index is 1930. The minimum atomic E-state index is -0.516. The fourth-order valence-corrected chi connectivity index (χ4v) is 7.19. The maximum absolute atomic E-state index is 14.0. The van der Waals surface area contributed by atoms with Gasteiger partial charge in [-0.1, -0.05) is 30.3 Å². The first-order chi connectivity index (χ1) is 24.2. The molecule has 256 valence electrons. The number of nitrogen functional groups attached to an aromatic ring is 1. The molecule has 1 atom stereocenters. The van der Waals surface area contributed by atoms with E-state index in [0.29, 0.717) is 67.8 Å². The SMILES string of the molecule is CC(C)Oc1ccc(C(=N)c2cc(N3CC[C@]4(CCN(CC(=O)N5CC=C(c6ccc(-c7ncccn7)cc6)CC5)C4)C3=O)ccc2N)cn1. The second kappa shape index (κ2) is 13.8. The molecular weight excluding hydrogens is 628 g/mol. The first-order valence-corrected chi connectivity index (χ1v) is 17.2. The van der Waals surface area contributed by atoms with E-state index in [4.69, 9.17) is 15.9 Å². The third-order valence-corrected chi connectivity index (χ3v) is 9.95. The summed E-state index contributed by atoms with van der Waals surface area (Å²) in [6.07, 6.45) is 9.47. The Hall–Kier alpha value is -5.42. The zero-order chi connectivity index (χ0) is 34.8. The summed E-state index contributed by atoms with van der Waals surface area (Å²) in [4.78, 5) is 46.2. The summed E-state index contributed by atoms with van der Waals surface area (Å²) >= 11 is 0. The van der Waals surface area contributed by atoms with Crippen LogP contribution < -0.4 is 15.4 Å². The number of pyridine rings is 1. The van der Waals surface area contributed by atoms with Gasteiger partial charge in [-0.3, -0.25) is 19.9 Å². The topological polar surface area (TPSA) is 142 Å². The van der Waals surface area contributed by atoms with Gasteiger partial charge in [0.05, 0.1) is 23.8 Å². The molecule has 2 fully saturated rings. The number of ether oxygens (including phenoxy) is 1. The zero-order valence-corrected chi connectivity index (χ0v) is 28.5. The van der Waals surface area contributed by atoms with Crippen molar-refractivity contribution in [2.45, 2.75) is 39.2 Å². The normalized spacial score (nSPS) is 19.3. The molecule has 0 bridgehead atoms. The highest BCUT2D eigenvalue weighted by molar-refractivity contribution is 6.14. The summed E-state index contributed by atoms with van der Waals surface area (Å²) in [7, 11) is 0. The highest BCUT2D eigenvalue weighted by atomic mass is 16.5. The third-order valence-electron chi connectivity index (χ3n) is 9.95. The number of nitrogens with zero attached hydrogens (tertiary/aromatic N) is 6. The van der Waals surface area contributed by atoms with E-state index in [9.17, 15) is 9.59 Å². The van der Waals surface area contributed by atoms with Gasteiger partial charge < -0.3 is 20.3 Å². The molecule has 5 heterocycles. The van der Waals surface area contributed by atoms with Crippen molar-refractivity contribution in [3.05, 3.63) is 102 Å². The summed E-state index contributed by atoms with van der Waals surface area (Å²) in [5.74, 6) is 1.37. The maximum Gasteiger partial charge on any atom is 0.237 e. The van der Waals surface area contributed by atoms with E-state index in [2.05, 4.69) is 38.1 Å². The van der Waals surface area contributed by atoms with Crippen LogP contribution in [0.5, 0.6) is 5.88 Å². The van der Waals surface area contributed by atoms with Crippen molar-refractivity contribution in [3.8, 4) is 17.3 Å². The van der Waals surface area contributed by atoms with Gasteiger partial charge in [-0.2, -0.15) is 0 Å². The maximum atomic E-state index is 14.0. The molecule has 7 rings (SSSR count). The summed E-state index contributed by atoms with van der Waals surface area (Å²) in [6.45, 7) is 7.27. The lowest BCUT2D eigenvalue weighted by molar-refractivity contribution is -0.132. The quantitative estimate of drug-likeness (QED) is 0.186. The number of hydrogen-bond donors (Lipinski definition) is 2. The molecule has 0 aliphatic carbocycles. The molecule has 3 N–H and O–H groups in total. The highest BCUT2D eigenvalue weighted by Crippen LogP contribution is 2.43. The molecule has 3 aliphatic heterocycles. The second-order valence-electron chi connectivity index (χ2n) is 13.6. The number of rotatable bonds is 9. The number of hydrogen-bond acceptors (Lipinski definition) is 9. The van der Waals surface area contributed by atoms with Crippen LogP contribution in [0, 0.1) is 10.8 Å². The molecule has 11 heteroatoms. The summed E-state index contributed by atoms with van der Waals surface area (Å²) in [5.41, 5.74) is 11.7. The number of anilines is 2. The van der Waals surface area contributed by atoms with Crippen molar-refractivity contribution in [3.63, 3.8) is 0 Å². The van der Waals surface area contributed by atoms with Crippen LogP contribution >= 0.6 is 0 Å². The molecule has 2 amide bonds. The van der Waals surface area contributed by atoms with Gasteiger partial charge in [0.2, 0.25) is 17.7 Å². The Balaban J connectivity index is 0.952. The van der Waals surface area contributed by atoms with E-state index in [1.165, 1.54) is 5.57 Å². The fraction of sp³-hybridized carbons (Fsp3) is 0.333. The van der Waals surface area contributed by atoms with Crippen molar-refractivity contribution < 1.29 is 14.3 Å². The van der Waals surface area contributed by atoms with Gasteiger partial charge in [-0.05, 0) is 81.1 Å². The van der Waals surface area contributed by atoms with E-state index in [1.807, 2.05) is 47.9 Å². The molecule has 4 aromatic rings. The number of likely N-dealkylation sites (tertiary alicyclic amines) is 1. The molecule has 2 saturated heterocycles. The average Bonchev–Trinajstić information content (AvgIpc) is 3.70. The van der Waals surface area contributed by atoms with E-state index in [0.717, 1.165) is 36.1 Å². The molecule has 11 nitrogen and oxygen atoms in total. The summed E-state index contributed by atoms with van der Waals surface area (Å²) in [5, 5.41) is 8.86. The van der Waals surface area contributed by atoms with Crippen LogP contribution in [-0.2, 0) is 9.59 Å². The van der Waals surface area contributed by atoms with Crippen molar-refractivity contribution in [1.29, 1.82) is 5.41 Å². The van der Waals surface area contributed by atoms with Gasteiger partial charge in [0.15, 0.2) is 5.82 Å². The first kappa shape index (κ1) is 33.1. The number of nitrogens with two attached hydrogens (primary N) is 1. The minimum absolute atomic E-state index is 0.00191. The lowest BCUT2D eigenvalue weighted by Gasteiger charge is -2.29. The fourth-order valence-electron chi connectivity index (χ4n) is 7.19. The van der Waals surface area contributed by atoms with E-state index < -0.39 is 5.41 Å². The zero-order valence-electron chi connectivity index (χ0n) is 28.5. The molecule has 0 unspecified atom stereocenters. The Morgan fingerprint density at radius 1 is 0.980 bits per heavy atom. The number of nitrogens with one attached hydrogen (secondary N) is 1. The number of aromatic nitrogens is 3. The van der Waals surface area contributed by atoms with Crippen LogP contribution in [0.15, 0.2) is 85.3 Å². The number of benzene rings is 2. The van der Waals surface area contributed by atoms with Gasteiger partial charge in [0.1, 0.15) is 0 Å². The molecule has 3 aliphatic rings. The largest absolute Gasteiger partial charge is 0.475 e. The summed E-state index contributed by atoms with van der Waals surface area (Å²) in [6, 6.07) is 19.0. The number of carbonyl (C=O) groups excluding carboxylic acids is 2. The standard InChI is InChI=1S/C39H42N8O3/c1-26(2)50-34-11-8-30(23-44-34)36(41)32-22-31(9-10-33(32)40)47-21-15-39(38(47)49)14-20-45(25-39)24-35(48)46-18-12-28(13-19-46)27-4-6-29(7-5-27)37-42-16-3-17-43-37/h3-12,16-17,22-23,26,41H,13-15,18-21,24-25,40H2,1-2H3/t39-/m0/s1. The molecular formula is C39H42N8O3. The highest BCUT2D eigenvalue weighted by Gasteiger charge is 2.51. The van der Waals surface area contributed by atoms with Crippen molar-refractivity contribution in [1.82, 2.24) is 24.8 Å².